The standard InChI is InChI=1S/C25H36N4O4S/c1-4-29(5-2)34(31,32)24-13-9-22(10-14-24)26-25(30)20-28-17-15-27(16-18-28)19-21-7-11-23(12-8-21)33-6-3/h7-14H,4-6,15-20H2,1-3H3,(H,26,30). The summed E-state index contributed by atoms with van der Waals surface area (Å²) < 4.78 is 32.1. The van der Waals surface area contributed by atoms with Crippen molar-refractivity contribution in [1.82, 2.24) is 14.1 Å². The van der Waals surface area contributed by atoms with E-state index in [0.717, 1.165) is 38.5 Å². The van der Waals surface area contributed by atoms with E-state index in [9.17, 15) is 13.2 Å². The normalized spacial score (nSPS) is 15.4. The molecule has 1 aliphatic rings. The maximum absolute atomic E-state index is 12.6. The van der Waals surface area contributed by atoms with Gasteiger partial charge < -0.3 is 10.1 Å². The summed E-state index contributed by atoms with van der Waals surface area (Å²) in [5, 5.41) is 2.88. The number of ether oxygens (including phenoxy) is 1. The summed E-state index contributed by atoms with van der Waals surface area (Å²) in [5.41, 5.74) is 1.85. The molecule has 34 heavy (non-hydrogen) atoms. The summed E-state index contributed by atoms with van der Waals surface area (Å²) in [7, 11) is -3.50. The summed E-state index contributed by atoms with van der Waals surface area (Å²) >= 11 is 0. The third-order valence-corrected chi connectivity index (χ3v) is 8.02. The molecule has 1 heterocycles. The van der Waals surface area contributed by atoms with Crippen molar-refractivity contribution in [3.05, 3.63) is 54.1 Å². The van der Waals surface area contributed by atoms with Gasteiger partial charge in [-0.3, -0.25) is 14.6 Å². The summed E-state index contributed by atoms with van der Waals surface area (Å²) in [5.74, 6) is 0.793. The predicted molar refractivity (Wildman–Crippen MR) is 135 cm³/mol. The topological polar surface area (TPSA) is 82.2 Å². The number of hydrogen-bond acceptors (Lipinski definition) is 6. The first-order valence-electron chi connectivity index (χ1n) is 11.9. The Bertz CT molecular complexity index is 1010. The lowest BCUT2D eigenvalue weighted by Gasteiger charge is -2.34. The van der Waals surface area contributed by atoms with E-state index in [1.54, 1.807) is 24.3 Å². The SMILES string of the molecule is CCOc1ccc(CN2CCN(CC(=O)Nc3ccc(S(=O)(=O)N(CC)CC)cc3)CC2)cc1. The van der Waals surface area contributed by atoms with Crippen LogP contribution in [-0.2, 0) is 21.4 Å². The molecular weight excluding hydrogens is 452 g/mol. The quantitative estimate of drug-likeness (QED) is 0.524. The van der Waals surface area contributed by atoms with Crippen LogP contribution in [0.25, 0.3) is 0 Å². The van der Waals surface area contributed by atoms with Crippen molar-refractivity contribution < 1.29 is 17.9 Å². The van der Waals surface area contributed by atoms with Crippen molar-refractivity contribution in [2.24, 2.45) is 0 Å². The molecule has 186 valence electrons. The van der Waals surface area contributed by atoms with Gasteiger partial charge in [0.15, 0.2) is 0 Å². The Balaban J connectivity index is 1.44. The highest BCUT2D eigenvalue weighted by molar-refractivity contribution is 7.89. The highest BCUT2D eigenvalue weighted by Gasteiger charge is 2.22. The molecule has 1 amide bonds. The number of nitrogens with one attached hydrogen (secondary N) is 1. The average Bonchev–Trinajstić information content (AvgIpc) is 2.83. The van der Waals surface area contributed by atoms with E-state index < -0.39 is 10.0 Å². The molecule has 0 spiro atoms. The number of hydrogen-bond donors (Lipinski definition) is 1. The lowest BCUT2D eigenvalue weighted by Crippen LogP contribution is -2.48. The average molecular weight is 489 g/mol. The number of benzene rings is 2. The molecule has 0 radical (unpaired) electrons. The summed E-state index contributed by atoms with van der Waals surface area (Å²) in [6, 6.07) is 14.6. The minimum Gasteiger partial charge on any atom is -0.494 e. The van der Waals surface area contributed by atoms with Crippen LogP contribution in [0.3, 0.4) is 0 Å². The molecule has 1 fully saturated rings. The van der Waals surface area contributed by atoms with Crippen molar-refractivity contribution in [3.8, 4) is 5.75 Å². The zero-order valence-corrected chi connectivity index (χ0v) is 21.2. The smallest absolute Gasteiger partial charge is 0.243 e. The second-order valence-electron chi connectivity index (χ2n) is 8.29. The lowest BCUT2D eigenvalue weighted by molar-refractivity contribution is -0.117. The second kappa shape index (κ2) is 12.3. The van der Waals surface area contributed by atoms with Gasteiger partial charge in [-0.15, -0.1) is 0 Å². The van der Waals surface area contributed by atoms with Crippen LogP contribution in [0.1, 0.15) is 26.3 Å². The molecule has 1 aliphatic heterocycles. The third-order valence-electron chi connectivity index (χ3n) is 5.95. The summed E-state index contributed by atoms with van der Waals surface area (Å²) in [6.07, 6.45) is 0. The summed E-state index contributed by atoms with van der Waals surface area (Å²) in [4.78, 5) is 17.3. The van der Waals surface area contributed by atoms with Crippen LogP contribution in [0.4, 0.5) is 5.69 Å². The van der Waals surface area contributed by atoms with Crippen LogP contribution in [0.5, 0.6) is 5.75 Å². The number of carbonyl (C=O) groups is 1. The fraction of sp³-hybridized carbons (Fsp3) is 0.480. The van der Waals surface area contributed by atoms with Crippen LogP contribution in [0, 0.1) is 0 Å². The molecule has 2 aromatic rings. The number of carbonyl (C=O) groups excluding carboxylic acids is 1. The van der Waals surface area contributed by atoms with E-state index in [1.807, 2.05) is 32.9 Å². The van der Waals surface area contributed by atoms with E-state index in [4.69, 9.17) is 4.74 Å². The van der Waals surface area contributed by atoms with Gasteiger partial charge in [0.2, 0.25) is 15.9 Å². The Hall–Kier alpha value is -2.46. The molecule has 0 atom stereocenters. The van der Waals surface area contributed by atoms with Crippen LogP contribution < -0.4 is 10.1 Å². The molecule has 1 N–H and O–H groups in total. The van der Waals surface area contributed by atoms with Gasteiger partial charge in [0.1, 0.15) is 5.75 Å². The van der Waals surface area contributed by atoms with E-state index in [2.05, 4.69) is 27.2 Å². The van der Waals surface area contributed by atoms with Gasteiger partial charge in [0, 0.05) is 51.5 Å². The van der Waals surface area contributed by atoms with E-state index in [0.29, 0.717) is 31.9 Å². The highest BCUT2D eigenvalue weighted by atomic mass is 32.2. The van der Waals surface area contributed by atoms with E-state index >= 15 is 0 Å². The van der Waals surface area contributed by atoms with Crippen molar-refractivity contribution in [3.63, 3.8) is 0 Å². The molecule has 0 aromatic heterocycles. The van der Waals surface area contributed by atoms with E-state index in [1.165, 1.54) is 9.87 Å². The summed E-state index contributed by atoms with van der Waals surface area (Å²) in [6.45, 7) is 11.8. The molecule has 0 bridgehead atoms. The minimum absolute atomic E-state index is 0.0979. The molecule has 2 aromatic carbocycles. The first-order chi connectivity index (χ1) is 16.3. The first-order valence-corrected chi connectivity index (χ1v) is 13.4. The maximum atomic E-state index is 12.6. The van der Waals surface area contributed by atoms with Gasteiger partial charge in [-0.05, 0) is 48.9 Å². The van der Waals surface area contributed by atoms with Gasteiger partial charge in [0.25, 0.3) is 0 Å². The molecule has 0 unspecified atom stereocenters. The zero-order chi connectivity index (χ0) is 24.6. The van der Waals surface area contributed by atoms with Crippen molar-refractivity contribution in [2.45, 2.75) is 32.2 Å². The Morgan fingerprint density at radius 2 is 1.50 bits per heavy atom. The number of amides is 1. The molecular formula is C25H36N4O4S. The number of sulfonamides is 1. The van der Waals surface area contributed by atoms with Gasteiger partial charge in [0.05, 0.1) is 18.0 Å². The van der Waals surface area contributed by atoms with Crippen LogP contribution >= 0.6 is 0 Å². The lowest BCUT2D eigenvalue weighted by atomic mass is 10.2. The van der Waals surface area contributed by atoms with Crippen LogP contribution in [-0.4, -0.2) is 80.9 Å². The predicted octanol–water partition coefficient (Wildman–Crippen LogP) is 2.87. The van der Waals surface area contributed by atoms with Gasteiger partial charge in [-0.2, -0.15) is 4.31 Å². The van der Waals surface area contributed by atoms with E-state index in [-0.39, 0.29) is 10.8 Å². The fourth-order valence-electron chi connectivity index (χ4n) is 4.05. The Morgan fingerprint density at radius 3 is 2.06 bits per heavy atom. The molecule has 0 aliphatic carbocycles. The minimum atomic E-state index is -3.50. The fourth-order valence-corrected chi connectivity index (χ4v) is 5.51. The molecule has 3 rings (SSSR count). The largest absolute Gasteiger partial charge is 0.494 e. The second-order valence-corrected chi connectivity index (χ2v) is 10.2. The number of rotatable bonds is 11. The molecule has 0 saturated carbocycles. The third kappa shape index (κ3) is 7.02. The first kappa shape index (κ1) is 26.2. The number of nitrogens with zero attached hydrogens (tertiary/aromatic N) is 3. The van der Waals surface area contributed by atoms with Crippen molar-refractivity contribution >= 4 is 21.6 Å². The zero-order valence-electron chi connectivity index (χ0n) is 20.4. The van der Waals surface area contributed by atoms with Gasteiger partial charge in [-0.25, -0.2) is 8.42 Å². The molecule has 9 heteroatoms. The Labute approximate surface area is 203 Å². The molecule has 8 nitrogen and oxygen atoms in total. The van der Waals surface area contributed by atoms with Crippen molar-refractivity contribution in [2.75, 3.05) is 57.7 Å². The highest BCUT2D eigenvalue weighted by Crippen LogP contribution is 2.19. The molecule has 1 saturated heterocycles. The van der Waals surface area contributed by atoms with Gasteiger partial charge >= 0.3 is 0 Å². The maximum Gasteiger partial charge on any atom is 0.243 e. The Kier molecular flexibility index (Phi) is 9.46. The number of anilines is 1. The van der Waals surface area contributed by atoms with Crippen LogP contribution in [0.2, 0.25) is 0 Å². The van der Waals surface area contributed by atoms with Gasteiger partial charge in [-0.1, -0.05) is 26.0 Å². The number of piperazine rings is 1. The Morgan fingerprint density at radius 1 is 0.912 bits per heavy atom. The van der Waals surface area contributed by atoms with Crippen molar-refractivity contribution in [1.29, 1.82) is 0 Å². The van der Waals surface area contributed by atoms with Crippen LogP contribution in [0.15, 0.2) is 53.4 Å². The monoisotopic (exact) mass is 488 g/mol.